The number of aliphatic imine (C=N–C) groups is 1. The Bertz CT molecular complexity index is 475. The Kier molecular flexibility index (Phi) is 7.88. The van der Waals surface area contributed by atoms with E-state index in [1.807, 2.05) is 39.8 Å². The molecule has 1 rings (SSSR count). The number of ether oxygens (including phenoxy) is 1. The van der Waals surface area contributed by atoms with Crippen molar-refractivity contribution < 1.29 is 9.13 Å². The minimum atomic E-state index is -0.367. The van der Waals surface area contributed by atoms with Crippen LogP contribution < -0.4 is 10.6 Å². The molecule has 0 unspecified atom stereocenters. The maximum absolute atomic E-state index is 13.9. The summed E-state index contributed by atoms with van der Waals surface area (Å²) >= 11 is 0. The first-order chi connectivity index (χ1) is 10.5. The molecule has 4 nitrogen and oxygen atoms in total. The number of benzene rings is 1. The van der Waals surface area contributed by atoms with Gasteiger partial charge in [0.05, 0.1) is 13.2 Å². The lowest BCUT2D eigenvalue weighted by Gasteiger charge is -2.24. The van der Waals surface area contributed by atoms with Crippen LogP contribution in [0.4, 0.5) is 4.39 Å². The Morgan fingerprint density at radius 1 is 1.23 bits per heavy atom. The van der Waals surface area contributed by atoms with E-state index in [-0.39, 0.29) is 11.2 Å². The van der Waals surface area contributed by atoms with E-state index in [9.17, 15) is 4.39 Å². The third-order valence-electron chi connectivity index (χ3n) is 3.32. The van der Waals surface area contributed by atoms with Crippen LogP contribution in [0.3, 0.4) is 0 Å². The molecular weight excluding hydrogens is 281 g/mol. The van der Waals surface area contributed by atoms with Crippen molar-refractivity contribution in [2.45, 2.75) is 33.1 Å². The summed E-state index contributed by atoms with van der Waals surface area (Å²) in [6, 6.07) is 6.87. The minimum absolute atomic E-state index is 0.183. The molecule has 5 heteroatoms. The van der Waals surface area contributed by atoms with Crippen LogP contribution in [0, 0.1) is 5.82 Å². The van der Waals surface area contributed by atoms with Crippen LogP contribution in [0.25, 0.3) is 0 Å². The molecule has 124 valence electrons. The van der Waals surface area contributed by atoms with Gasteiger partial charge in [-0.1, -0.05) is 32.0 Å². The predicted molar refractivity (Wildman–Crippen MR) is 89.9 cm³/mol. The summed E-state index contributed by atoms with van der Waals surface area (Å²) in [5, 5.41) is 6.40. The molecule has 0 amide bonds. The van der Waals surface area contributed by atoms with Crippen LogP contribution in [-0.4, -0.2) is 38.8 Å². The highest BCUT2D eigenvalue weighted by Crippen LogP contribution is 2.25. The van der Waals surface area contributed by atoms with Crippen LogP contribution in [0.1, 0.15) is 33.3 Å². The van der Waals surface area contributed by atoms with Gasteiger partial charge in [-0.15, -0.1) is 0 Å². The average Bonchev–Trinajstić information content (AvgIpc) is 2.49. The van der Waals surface area contributed by atoms with Gasteiger partial charge in [0.1, 0.15) is 5.82 Å². The zero-order valence-corrected chi connectivity index (χ0v) is 14.1. The highest BCUT2D eigenvalue weighted by molar-refractivity contribution is 5.79. The summed E-state index contributed by atoms with van der Waals surface area (Å²) in [4.78, 5) is 4.57. The van der Waals surface area contributed by atoms with E-state index >= 15 is 0 Å². The lowest BCUT2D eigenvalue weighted by Crippen LogP contribution is -2.40. The Morgan fingerprint density at radius 2 is 1.95 bits per heavy atom. The number of halogens is 1. The smallest absolute Gasteiger partial charge is 0.191 e. The van der Waals surface area contributed by atoms with Crippen molar-refractivity contribution in [2.75, 3.05) is 32.8 Å². The fourth-order valence-corrected chi connectivity index (χ4v) is 2.10. The van der Waals surface area contributed by atoms with Crippen LogP contribution in [0.2, 0.25) is 0 Å². The topological polar surface area (TPSA) is 45.7 Å². The first-order valence-corrected chi connectivity index (χ1v) is 7.86. The number of hydrogen-bond acceptors (Lipinski definition) is 2. The number of nitrogens with one attached hydrogen (secondary N) is 2. The molecule has 0 saturated heterocycles. The molecule has 0 radical (unpaired) electrons. The van der Waals surface area contributed by atoms with Crippen LogP contribution in [0.15, 0.2) is 29.3 Å². The quantitative estimate of drug-likeness (QED) is 0.441. The number of nitrogens with zero attached hydrogens (tertiary/aromatic N) is 1. The van der Waals surface area contributed by atoms with Gasteiger partial charge < -0.3 is 15.4 Å². The SMILES string of the molecule is CCNC(=NCC(C)(C)c1ccccc1F)NCCOCC. The zero-order valence-electron chi connectivity index (χ0n) is 14.1. The lowest BCUT2D eigenvalue weighted by atomic mass is 9.84. The monoisotopic (exact) mass is 309 g/mol. The molecule has 0 fully saturated rings. The van der Waals surface area contributed by atoms with Gasteiger partial charge in [0.2, 0.25) is 0 Å². The molecule has 0 saturated carbocycles. The summed E-state index contributed by atoms with van der Waals surface area (Å²) in [6.07, 6.45) is 0. The molecule has 2 N–H and O–H groups in total. The molecule has 0 aliphatic heterocycles. The fraction of sp³-hybridized carbons (Fsp3) is 0.588. The molecule has 0 aliphatic carbocycles. The molecule has 0 aliphatic rings. The van der Waals surface area contributed by atoms with E-state index in [0.717, 1.165) is 12.5 Å². The van der Waals surface area contributed by atoms with Crippen molar-refractivity contribution in [2.24, 2.45) is 4.99 Å². The normalized spacial score (nSPS) is 12.3. The first kappa shape index (κ1) is 18.4. The van der Waals surface area contributed by atoms with E-state index in [1.54, 1.807) is 6.07 Å². The van der Waals surface area contributed by atoms with Gasteiger partial charge in [0, 0.05) is 25.1 Å². The maximum atomic E-state index is 13.9. The highest BCUT2D eigenvalue weighted by Gasteiger charge is 2.23. The van der Waals surface area contributed by atoms with Crippen molar-refractivity contribution in [3.05, 3.63) is 35.6 Å². The third kappa shape index (κ3) is 6.02. The van der Waals surface area contributed by atoms with E-state index in [4.69, 9.17) is 4.74 Å². The number of hydrogen-bond donors (Lipinski definition) is 2. The van der Waals surface area contributed by atoms with Crippen molar-refractivity contribution >= 4 is 5.96 Å². The van der Waals surface area contributed by atoms with E-state index in [1.165, 1.54) is 6.07 Å². The van der Waals surface area contributed by atoms with Gasteiger partial charge in [0.25, 0.3) is 0 Å². The maximum Gasteiger partial charge on any atom is 0.191 e. The van der Waals surface area contributed by atoms with E-state index in [0.29, 0.717) is 31.9 Å². The molecule has 1 aromatic carbocycles. The standard InChI is InChI=1S/C17H28FN3O/c1-5-19-16(20-11-12-22-6-2)21-13-17(3,4)14-9-7-8-10-15(14)18/h7-10H,5-6,11-13H2,1-4H3,(H2,19,20,21). The second-order valence-electron chi connectivity index (χ2n) is 5.68. The molecule has 0 atom stereocenters. The Balaban J connectivity index is 2.69. The predicted octanol–water partition coefficient (Wildman–Crippen LogP) is 2.69. The molecule has 0 aromatic heterocycles. The van der Waals surface area contributed by atoms with Gasteiger partial charge in [-0.25, -0.2) is 4.39 Å². The Morgan fingerprint density at radius 3 is 2.59 bits per heavy atom. The Labute approximate surface area is 133 Å². The summed E-state index contributed by atoms with van der Waals surface area (Å²) in [7, 11) is 0. The van der Waals surface area contributed by atoms with Crippen molar-refractivity contribution in [3.8, 4) is 0 Å². The van der Waals surface area contributed by atoms with Crippen molar-refractivity contribution in [1.82, 2.24) is 10.6 Å². The van der Waals surface area contributed by atoms with Gasteiger partial charge >= 0.3 is 0 Å². The highest BCUT2D eigenvalue weighted by atomic mass is 19.1. The molecule has 22 heavy (non-hydrogen) atoms. The Hall–Kier alpha value is -1.62. The summed E-state index contributed by atoms with van der Waals surface area (Å²) in [5.74, 6) is 0.545. The zero-order chi connectivity index (χ0) is 16.4. The lowest BCUT2D eigenvalue weighted by molar-refractivity contribution is 0.152. The van der Waals surface area contributed by atoms with Gasteiger partial charge in [0.15, 0.2) is 5.96 Å². The summed E-state index contributed by atoms with van der Waals surface area (Å²) in [6.45, 7) is 11.3. The third-order valence-corrected chi connectivity index (χ3v) is 3.32. The first-order valence-electron chi connectivity index (χ1n) is 7.86. The minimum Gasteiger partial charge on any atom is -0.380 e. The molecule has 0 heterocycles. The molecule has 0 bridgehead atoms. The van der Waals surface area contributed by atoms with Crippen molar-refractivity contribution in [1.29, 1.82) is 0 Å². The average molecular weight is 309 g/mol. The number of guanidine groups is 1. The fourth-order valence-electron chi connectivity index (χ4n) is 2.10. The van der Waals surface area contributed by atoms with Crippen LogP contribution >= 0.6 is 0 Å². The molecular formula is C17H28FN3O. The number of rotatable bonds is 8. The van der Waals surface area contributed by atoms with Crippen LogP contribution in [0.5, 0.6) is 0 Å². The van der Waals surface area contributed by atoms with Gasteiger partial charge in [-0.3, -0.25) is 4.99 Å². The largest absolute Gasteiger partial charge is 0.380 e. The summed E-state index contributed by atoms with van der Waals surface area (Å²) in [5.41, 5.74) is 0.317. The summed E-state index contributed by atoms with van der Waals surface area (Å²) < 4.78 is 19.2. The van der Waals surface area contributed by atoms with Gasteiger partial charge in [-0.2, -0.15) is 0 Å². The van der Waals surface area contributed by atoms with Gasteiger partial charge in [-0.05, 0) is 25.5 Å². The van der Waals surface area contributed by atoms with E-state index < -0.39 is 0 Å². The second-order valence-corrected chi connectivity index (χ2v) is 5.68. The van der Waals surface area contributed by atoms with Crippen molar-refractivity contribution in [3.63, 3.8) is 0 Å². The second kappa shape index (κ2) is 9.41. The van der Waals surface area contributed by atoms with Crippen LogP contribution in [-0.2, 0) is 10.2 Å². The molecule has 0 spiro atoms. The molecule has 1 aromatic rings. The van der Waals surface area contributed by atoms with E-state index in [2.05, 4.69) is 15.6 Å².